The molecule has 5 nitrogen and oxygen atoms in total. The lowest BCUT2D eigenvalue weighted by molar-refractivity contribution is -0.135. The number of nitrogens with one attached hydrogen (secondary N) is 2. The van der Waals surface area contributed by atoms with Crippen molar-refractivity contribution in [1.82, 2.24) is 0 Å². The van der Waals surface area contributed by atoms with Gasteiger partial charge in [0.2, 0.25) is 11.8 Å². The van der Waals surface area contributed by atoms with Crippen LogP contribution in [-0.2, 0) is 9.59 Å². The van der Waals surface area contributed by atoms with E-state index in [9.17, 15) is 9.59 Å². The number of hydrogen-bond donors (Lipinski definition) is 2. The van der Waals surface area contributed by atoms with E-state index in [0.29, 0.717) is 16.4 Å². The van der Waals surface area contributed by atoms with Crippen LogP contribution in [0.2, 0.25) is 5.02 Å². The van der Waals surface area contributed by atoms with Crippen LogP contribution >= 0.6 is 11.6 Å². The molecule has 0 heterocycles. The third-order valence-electron chi connectivity index (χ3n) is 4.51. The molecule has 2 N–H and O–H groups in total. The van der Waals surface area contributed by atoms with E-state index in [1.165, 1.54) is 0 Å². The van der Waals surface area contributed by atoms with Crippen LogP contribution in [0.3, 0.4) is 0 Å². The molecule has 2 amide bonds. The highest BCUT2D eigenvalue weighted by Gasteiger charge is 2.36. The fourth-order valence-electron chi connectivity index (χ4n) is 2.58. The Balaban J connectivity index is 2.07. The first-order valence-corrected chi connectivity index (χ1v) is 9.39. The molecule has 0 saturated carbocycles. The molecule has 144 valence electrons. The Bertz CT molecular complexity index is 799. The van der Waals surface area contributed by atoms with Gasteiger partial charge in [-0.15, -0.1) is 0 Å². The average molecular weight is 388 g/mol. The molecule has 0 bridgehead atoms. The number of carbonyl (C=O) groups is 2. The minimum atomic E-state index is -1.27. The third kappa shape index (κ3) is 5.01. The Morgan fingerprint density at radius 1 is 0.926 bits per heavy atom. The highest BCUT2D eigenvalue weighted by Crippen LogP contribution is 2.26. The highest BCUT2D eigenvalue weighted by atomic mass is 35.5. The van der Waals surface area contributed by atoms with E-state index < -0.39 is 11.3 Å². The fourth-order valence-corrected chi connectivity index (χ4v) is 2.76. The summed E-state index contributed by atoms with van der Waals surface area (Å²) in [4.78, 5) is 27.5. The van der Waals surface area contributed by atoms with Gasteiger partial charge in [0.15, 0.2) is 0 Å². The molecule has 0 unspecified atom stereocenters. The maximum atomic E-state index is 12.7. The van der Waals surface area contributed by atoms with Gasteiger partial charge in [0.1, 0.15) is 5.41 Å². The van der Waals surface area contributed by atoms with Crippen molar-refractivity contribution >= 4 is 40.5 Å². The predicted molar refractivity (Wildman–Crippen MR) is 112 cm³/mol. The van der Waals surface area contributed by atoms with Crippen molar-refractivity contribution in [2.24, 2.45) is 5.41 Å². The zero-order valence-electron chi connectivity index (χ0n) is 16.2. The van der Waals surface area contributed by atoms with Crippen LogP contribution < -0.4 is 15.5 Å². The highest BCUT2D eigenvalue weighted by molar-refractivity contribution is 6.34. The van der Waals surface area contributed by atoms with Gasteiger partial charge in [-0.3, -0.25) is 9.59 Å². The van der Waals surface area contributed by atoms with Crippen LogP contribution in [0.5, 0.6) is 0 Å². The molecule has 0 saturated heterocycles. The quantitative estimate of drug-likeness (QED) is 0.671. The number of hydrogen-bond acceptors (Lipinski definition) is 3. The smallest absolute Gasteiger partial charge is 0.239 e. The second kappa shape index (κ2) is 8.91. The molecule has 0 aliphatic carbocycles. The normalized spacial score (nSPS) is 11.0. The molecule has 0 aliphatic heterocycles. The molecule has 0 aromatic heterocycles. The molecular formula is C21H26ClN3O2. The predicted octanol–water partition coefficient (Wildman–Crippen LogP) is 4.79. The zero-order valence-corrected chi connectivity index (χ0v) is 16.9. The van der Waals surface area contributed by atoms with Gasteiger partial charge in [-0.25, -0.2) is 0 Å². The van der Waals surface area contributed by atoms with Gasteiger partial charge in [-0.2, -0.15) is 0 Å². The molecular weight excluding hydrogens is 362 g/mol. The van der Waals surface area contributed by atoms with E-state index >= 15 is 0 Å². The minimum absolute atomic E-state index is 0.386. The van der Waals surface area contributed by atoms with Gasteiger partial charge in [0.25, 0.3) is 0 Å². The molecule has 6 heteroatoms. The van der Waals surface area contributed by atoms with Gasteiger partial charge in [0, 0.05) is 24.5 Å². The molecule has 0 aliphatic rings. The summed E-state index contributed by atoms with van der Waals surface area (Å²) in [5.41, 5.74) is 0.952. The summed E-state index contributed by atoms with van der Waals surface area (Å²) < 4.78 is 0. The van der Waals surface area contributed by atoms with E-state index in [1.807, 2.05) is 24.3 Å². The second-order valence-corrected chi connectivity index (χ2v) is 7.14. The second-order valence-electron chi connectivity index (χ2n) is 6.73. The average Bonchev–Trinajstić information content (AvgIpc) is 2.65. The standard InChI is InChI=1S/C21H26ClN3O2/c1-5-25(6-2)16-13-11-15(12-14-16)23-19(26)21(3,4)20(27)24-18-10-8-7-9-17(18)22/h7-14H,5-6H2,1-4H3,(H,23,26)(H,24,27). The molecule has 0 fully saturated rings. The summed E-state index contributed by atoms with van der Waals surface area (Å²) in [5.74, 6) is -0.810. The van der Waals surface area contributed by atoms with Crippen molar-refractivity contribution in [3.63, 3.8) is 0 Å². The van der Waals surface area contributed by atoms with E-state index in [4.69, 9.17) is 11.6 Å². The molecule has 2 rings (SSSR count). The monoisotopic (exact) mass is 387 g/mol. The van der Waals surface area contributed by atoms with E-state index in [1.54, 1.807) is 38.1 Å². The minimum Gasteiger partial charge on any atom is -0.372 e. The summed E-state index contributed by atoms with van der Waals surface area (Å²) in [6.45, 7) is 9.19. The van der Waals surface area contributed by atoms with Crippen molar-refractivity contribution in [3.8, 4) is 0 Å². The summed E-state index contributed by atoms with van der Waals surface area (Å²) in [6, 6.07) is 14.5. The number of rotatable bonds is 7. The molecule has 0 atom stereocenters. The third-order valence-corrected chi connectivity index (χ3v) is 4.84. The summed E-state index contributed by atoms with van der Waals surface area (Å²) >= 11 is 6.07. The number of halogens is 1. The number of benzene rings is 2. The first-order valence-electron chi connectivity index (χ1n) is 9.02. The van der Waals surface area contributed by atoms with Crippen LogP contribution in [-0.4, -0.2) is 24.9 Å². The van der Waals surface area contributed by atoms with E-state index in [0.717, 1.165) is 18.8 Å². The first kappa shape index (κ1) is 20.8. The number of nitrogens with zero attached hydrogens (tertiary/aromatic N) is 1. The number of para-hydroxylation sites is 1. The summed E-state index contributed by atoms with van der Waals surface area (Å²) in [7, 11) is 0. The first-order chi connectivity index (χ1) is 12.8. The topological polar surface area (TPSA) is 61.4 Å². The Labute approximate surface area is 165 Å². The van der Waals surface area contributed by atoms with Crippen molar-refractivity contribution in [2.75, 3.05) is 28.6 Å². The molecule has 2 aromatic rings. The Morgan fingerprint density at radius 3 is 2.04 bits per heavy atom. The Morgan fingerprint density at radius 2 is 1.48 bits per heavy atom. The van der Waals surface area contributed by atoms with Gasteiger partial charge < -0.3 is 15.5 Å². The fraction of sp³-hybridized carbons (Fsp3) is 0.333. The number of anilines is 3. The van der Waals surface area contributed by atoms with E-state index in [2.05, 4.69) is 29.4 Å². The van der Waals surface area contributed by atoms with Crippen LogP contribution in [0.4, 0.5) is 17.1 Å². The Hall–Kier alpha value is -2.53. The SMILES string of the molecule is CCN(CC)c1ccc(NC(=O)C(C)(C)C(=O)Nc2ccccc2Cl)cc1. The number of amides is 2. The van der Waals surface area contributed by atoms with Crippen LogP contribution in [0, 0.1) is 5.41 Å². The van der Waals surface area contributed by atoms with Crippen LogP contribution in [0.25, 0.3) is 0 Å². The largest absolute Gasteiger partial charge is 0.372 e. The van der Waals surface area contributed by atoms with Crippen molar-refractivity contribution in [2.45, 2.75) is 27.7 Å². The van der Waals surface area contributed by atoms with Crippen molar-refractivity contribution < 1.29 is 9.59 Å². The molecule has 2 aromatic carbocycles. The van der Waals surface area contributed by atoms with Gasteiger partial charge in [-0.1, -0.05) is 23.7 Å². The molecule has 0 spiro atoms. The maximum Gasteiger partial charge on any atom is 0.239 e. The zero-order chi connectivity index (χ0) is 20.0. The van der Waals surface area contributed by atoms with Crippen LogP contribution in [0.15, 0.2) is 48.5 Å². The van der Waals surface area contributed by atoms with E-state index in [-0.39, 0.29) is 5.91 Å². The van der Waals surface area contributed by atoms with Gasteiger partial charge in [0.05, 0.1) is 10.7 Å². The lowest BCUT2D eigenvalue weighted by atomic mass is 9.90. The van der Waals surface area contributed by atoms with Crippen LogP contribution in [0.1, 0.15) is 27.7 Å². The van der Waals surface area contributed by atoms with Crippen molar-refractivity contribution in [1.29, 1.82) is 0 Å². The number of carbonyl (C=O) groups excluding carboxylic acids is 2. The van der Waals surface area contributed by atoms with Gasteiger partial charge >= 0.3 is 0 Å². The van der Waals surface area contributed by atoms with Crippen molar-refractivity contribution in [3.05, 3.63) is 53.6 Å². The van der Waals surface area contributed by atoms with Gasteiger partial charge in [-0.05, 0) is 64.1 Å². The summed E-state index contributed by atoms with van der Waals surface area (Å²) in [5, 5.41) is 5.96. The lowest BCUT2D eigenvalue weighted by Gasteiger charge is -2.24. The summed E-state index contributed by atoms with van der Waals surface area (Å²) in [6.07, 6.45) is 0. The lowest BCUT2D eigenvalue weighted by Crippen LogP contribution is -2.41. The molecule has 0 radical (unpaired) electrons. The Kier molecular flexibility index (Phi) is 6.86. The molecule has 27 heavy (non-hydrogen) atoms. The maximum absolute atomic E-state index is 12.7.